The fraction of sp³-hybridized carbons (Fsp3) is 0.500. The molecule has 1 aromatic carbocycles. The topological polar surface area (TPSA) is 63.2 Å². The van der Waals surface area contributed by atoms with E-state index in [1.165, 1.54) is 25.0 Å². The number of nitrogens with one attached hydrogen (secondary N) is 1. The summed E-state index contributed by atoms with van der Waals surface area (Å²) in [5.41, 5.74) is 1.08. The molecule has 6 heteroatoms. The second-order valence-electron chi connectivity index (χ2n) is 5.44. The van der Waals surface area contributed by atoms with Gasteiger partial charge in [-0.1, -0.05) is 13.0 Å². The molecule has 1 N–H and O–H groups in total. The van der Waals surface area contributed by atoms with Crippen LogP contribution >= 0.6 is 10.7 Å². The van der Waals surface area contributed by atoms with E-state index in [2.05, 4.69) is 12.2 Å². The average molecular weight is 316 g/mol. The normalized spacial score (nSPS) is 16.8. The Hall–Kier alpha value is -1.07. The lowest BCUT2D eigenvalue weighted by atomic mass is 10.1. The van der Waals surface area contributed by atoms with Crippen LogP contribution in [0.25, 0.3) is 0 Å². The summed E-state index contributed by atoms with van der Waals surface area (Å²) in [5, 5.41) is 2.86. The number of hydrogen-bond acceptors (Lipinski definition) is 3. The van der Waals surface area contributed by atoms with Crippen LogP contribution < -0.4 is 5.32 Å². The van der Waals surface area contributed by atoms with Gasteiger partial charge in [0.05, 0.1) is 4.90 Å². The van der Waals surface area contributed by atoms with E-state index in [9.17, 15) is 13.2 Å². The van der Waals surface area contributed by atoms with E-state index in [-0.39, 0.29) is 10.8 Å². The van der Waals surface area contributed by atoms with Crippen molar-refractivity contribution in [1.82, 2.24) is 5.32 Å². The quantitative estimate of drug-likeness (QED) is 0.850. The number of carbonyl (C=O) groups is 1. The maximum Gasteiger partial charge on any atom is 0.261 e. The lowest BCUT2D eigenvalue weighted by molar-refractivity contribution is 0.0946. The maximum absolute atomic E-state index is 12.1. The third-order valence-electron chi connectivity index (χ3n) is 3.75. The molecule has 1 aliphatic carbocycles. The van der Waals surface area contributed by atoms with Crippen LogP contribution in [0.5, 0.6) is 0 Å². The lowest BCUT2D eigenvalue weighted by Gasteiger charge is -2.13. The zero-order chi connectivity index (χ0) is 14.9. The number of benzene rings is 1. The van der Waals surface area contributed by atoms with Gasteiger partial charge in [0, 0.05) is 22.8 Å². The zero-order valence-corrected chi connectivity index (χ0v) is 13.1. The molecule has 20 heavy (non-hydrogen) atoms. The highest BCUT2D eigenvalue weighted by molar-refractivity contribution is 8.13. The zero-order valence-electron chi connectivity index (χ0n) is 11.5. The number of halogens is 1. The molecule has 1 atom stereocenters. The van der Waals surface area contributed by atoms with Gasteiger partial charge in [-0.3, -0.25) is 4.79 Å². The first kappa shape index (κ1) is 15.3. The Morgan fingerprint density at radius 2 is 2.10 bits per heavy atom. The minimum absolute atomic E-state index is 0.0508. The summed E-state index contributed by atoms with van der Waals surface area (Å²) in [6.45, 7) is 4.50. The van der Waals surface area contributed by atoms with Gasteiger partial charge in [0.1, 0.15) is 0 Å². The summed E-state index contributed by atoms with van der Waals surface area (Å²) in [4.78, 5) is 12.1. The van der Waals surface area contributed by atoms with Gasteiger partial charge < -0.3 is 5.32 Å². The lowest BCUT2D eigenvalue weighted by Crippen LogP contribution is -2.29. The van der Waals surface area contributed by atoms with Crippen LogP contribution in [0, 0.1) is 18.8 Å². The molecule has 1 aliphatic rings. The molecule has 0 bridgehead atoms. The molecule has 1 fully saturated rings. The van der Waals surface area contributed by atoms with Crippen molar-refractivity contribution in [3.05, 3.63) is 29.3 Å². The van der Waals surface area contributed by atoms with E-state index < -0.39 is 9.05 Å². The van der Waals surface area contributed by atoms with E-state index in [1.807, 2.05) is 0 Å². The van der Waals surface area contributed by atoms with Crippen molar-refractivity contribution in [1.29, 1.82) is 0 Å². The van der Waals surface area contributed by atoms with E-state index in [1.54, 1.807) is 13.0 Å². The maximum atomic E-state index is 12.1. The van der Waals surface area contributed by atoms with Crippen LogP contribution in [0.3, 0.4) is 0 Å². The second kappa shape index (κ2) is 5.74. The Kier molecular flexibility index (Phi) is 4.39. The molecule has 1 aromatic rings. The Morgan fingerprint density at radius 3 is 2.65 bits per heavy atom. The molecule has 0 aromatic heterocycles. The van der Waals surface area contributed by atoms with Crippen molar-refractivity contribution in [3.8, 4) is 0 Å². The summed E-state index contributed by atoms with van der Waals surface area (Å²) >= 11 is 0. The summed E-state index contributed by atoms with van der Waals surface area (Å²) < 4.78 is 22.6. The summed E-state index contributed by atoms with van der Waals surface area (Å²) in [6, 6.07) is 4.32. The third-order valence-corrected chi connectivity index (χ3v) is 5.10. The number of hydrogen-bond donors (Lipinski definition) is 1. The van der Waals surface area contributed by atoms with E-state index in [0.717, 1.165) is 5.56 Å². The van der Waals surface area contributed by atoms with Gasteiger partial charge in [-0.2, -0.15) is 0 Å². The fourth-order valence-corrected chi connectivity index (χ4v) is 2.96. The Bertz CT molecular complexity index is 623. The number of amides is 1. The molecule has 1 saturated carbocycles. The van der Waals surface area contributed by atoms with E-state index in [0.29, 0.717) is 23.9 Å². The SMILES string of the molecule is Cc1ccc(S(=O)(=O)Cl)cc1C(=O)NCC(C)C1CC1. The van der Waals surface area contributed by atoms with Gasteiger partial charge in [0.15, 0.2) is 0 Å². The predicted octanol–water partition coefficient (Wildman–Crippen LogP) is 2.70. The summed E-state index contributed by atoms with van der Waals surface area (Å²) in [6.07, 6.45) is 2.46. The van der Waals surface area contributed by atoms with Gasteiger partial charge >= 0.3 is 0 Å². The first-order valence-electron chi connectivity index (χ1n) is 6.62. The van der Waals surface area contributed by atoms with Crippen LogP contribution in [0.4, 0.5) is 0 Å². The minimum Gasteiger partial charge on any atom is -0.352 e. The van der Waals surface area contributed by atoms with Crippen molar-refractivity contribution >= 4 is 25.6 Å². The molecule has 0 heterocycles. The van der Waals surface area contributed by atoms with Crippen LogP contribution in [-0.2, 0) is 9.05 Å². The number of aryl methyl sites for hydroxylation is 1. The fourth-order valence-electron chi connectivity index (χ4n) is 2.18. The Labute approximate surface area is 123 Å². The molecular formula is C14H18ClNO3S. The van der Waals surface area contributed by atoms with E-state index in [4.69, 9.17) is 10.7 Å². The van der Waals surface area contributed by atoms with Crippen molar-refractivity contribution < 1.29 is 13.2 Å². The van der Waals surface area contributed by atoms with Crippen LogP contribution in [0.15, 0.2) is 23.1 Å². The van der Waals surface area contributed by atoms with Gasteiger partial charge in [-0.15, -0.1) is 0 Å². The van der Waals surface area contributed by atoms with Crippen LogP contribution in [0.2, 0.25) is 0 Å². The van der Waals surface area contributed by atoms with Gasteiger partial charge in [0.25, 0.3) is 15.0 Å². The third kappa shape index (κ3) is 3.73. The molecule has 4 nitrogen and oxygen atoms in total. The molecule has 110 valence electrons. The highest BCUT2D eigenvalue weighted by Gasteiger charge is 2.28. The number of carbonyl (C=O) groups excluding carboxylic acids is 1. The predicted molar refractivity (Wildman–Crippen MR) is 78.4 cm³/mol. The van der Waals surface area contributed by atoms with Gasteiger partial charge in [-0.05, 0) is 49.3 Å². The second-order valence-corrected chi connectivity index (χ2v) is 8.01. The molecular weight excluding hydrogens is 298 g/mol. The monoisotopic (exact) mass is 315 g/mol. The van der Waals surface area contributed by atoms with Crippen LogP contribution in [-0.4, -0.2) is 20.9 Å². The summed E-state index contributed by atoms with van der Waals surface area (Å²) in [7, 11) is 1.49. The van der Waals surface area contributed by atoms with Crippen molar-refractivity contribution in [2.75, 3.05) is 6.54 Å². The molecule has 0 radical (unpaired) electrons. The largest absolute Gasteiger partial charge is 0.352 e. The van der Waals surface area contributed by atoms with E-state index >= 15 is 0 Å². The first-order chi connectivity index (χ1) is 9.29. The molecule has 0 saturated heterocycles. The minimum atomic E-state index is -3.82. The van der Waals surface area contributed by atoms with Crippen molar-refractivity contribution in [2.24, 2.45) is 11.8 Å². The molecule has 0 spiro atoms. The summed E-state index contributed by atoms with van der Waals surface area (Å²) in [5.74, 6) is 0.919. The van der Waals surface area contributed by atoms with Gasteiger partial charge in [-0.25, -0.2) is 8.42 Å². The molecule has 1 amide bonds. The van der Waals surface area contributed by atoms with Crippen molar-refractivity contribution in [3.63, 3.8) is 0 Å². The standard InChI is InChI=1S/C14H18ClNO3S/c1-9-3-6-12(20(15,18)19)7-13(9)14(17)16-8-10(2)11-4-5-11/h3,6-7,10-11H,4-5,8H2,1-2H3,(H,16,17). The van der Waals surface area contributed by atoms with Gasteiger partial charge in [0.2, 0.25) is 0 Å². The van der Waals surface area contributed by atoms with Crippen molar-refractivity contribution in [2.45, 2.75) is 31.6 Å². The highest BCUT2D eigenvalue weighted by atomic mass is 35.7. The average Bonchev–Trinajstić information content (AvgIpc) is 3.18. The Morgan fingerprint density at radius 1 is 1.45 bits per heavy atom. The first-order valence-corrected chi connectivity index (χ1v) is 8.93. The smallest absolute Gasteiger partial charge is 0.261 e. The molecule has 1 unspecified atom stereocenters. The highest BCUT2D eigenvalue weighted by Crippen LogP contribution is 2.36. The Balaban J connectivity index is 2.12. The molecule has 0 aliphatic heterocycles. The van der Waals surface area contributed by atoms with Crippen LogP contribution in [0.1, 0.15) is 35.7 Å². The molecule has 2 rings (SSSR count). The number of rotatable bonds is 5.